The Morgan fingerprint density at radius 2 is 1.50 bits per heavy atom. The Kier molecular flexibility index (Phi) is 3.91. The second-order valence-corrected chi connectivity index (χ2v) is 5.38. The summed E-state index contributed by atoms with van der Waals surface area (Å²) in [6.07, 6.45) is -0.00853. The van der Waals surface area contributed by atoms with Gasteiger partial charge in [-0.25, -0.2) is 0 Å². The summed E-state index contributed by atoms with van der Waals surface area (Å²) in [7, 11) is 0. The van der Waals surface area contributed by atoms with E-state index < -0.39 is 16.7 Å². The molecule has 0 radical (unpaired) electrons. The molecule has 0 atom stereocenters. The lowest BCUT2D eigenvalue weighted by Crippen LogP contribution is -2.35. The van der Waals surface area contributed by atoms with Crippen LogP contribution in [-0.2, 0) is 11.2 Å². The van der Waals surface area contributed by atoms with Gasteiger partial charge in [0.2, 0.25) is 0 Å². The number of carbonyl (C=O) groups excluding carboxylic acids is 3. The van der Waals surface area contributed by atoms with Gasteiger partial charge in [0.1, 0.15) is 0 Å². The first kappa shape index (κ1) is 15.5. The minimum Gasteiger partial charge on any atom is -0.297 e. The third-order valence-electron chi connectivity index (χ3n) is 3.76. The molecule has 1 aliphatic rings. The summed E-state index contributed by atoms with van der Waals surface area (Å²) in [5.74, 6) is -1.28. The monoisotopic (exact) mass is 324 g/mol. The second-order valence-electron chi connectivity index (χ2n) is 5.38. The molecule has 2 aromatic rings. The van der Waals surface area contributed by atoms with E-state index in [1.807, 2.05) is 0 Å². The smallest absolute Gasteiger partial charge is 0.269 e. The van der Waals surface area contributed by atoms with Gasteiger partial charge in [0.25, 0.3) is 17.5 Å². The number of Topliss-reactive ketones (excluding diaryl/α,β-unsaturated/α-hetero) is 1. The van der Waals surface area contributed by atoms with Crippen molar-refractivity contribution in [3.05, 3.63) is 75.3 Å². The maximum absolute atomic E-state index is 12.2. The Hall–Kier alpha value is -3.35. The number of amides is 2. The molecule has 0 spiro atoms. The number of ketones is 1. The SMILES string of the molecule is O=C(Cc1ccc([N+](=O)[O-])cc1)CN1C(=O)c2ccccc2C1=O. The zero-order chi connectivity index (χ0) is 17.3. The van der Waals surface area contributed by atoms with Crippen LogP contribution in [0.15, 0.2) is 48.5 Å². The molecule has 1 heterocycles. The maximum atomic E-state index is 12.2. The molecule has 0 aliphatic carbocycles. The van der Waals surface area contributed by atoms with Gasteiger partial charge in [0.15, 0.2) is 5.78 Å². The van der Waals surface area contributed by atoms with E-state index in [0.717, 1.165) is 4.90 Å². The maximum Gasteiger partial charge on any atom is 0.269 e. The van der Waals surface area contributed by atoms with Crippen molar-refractivity contribution in [2.24, 2.45) is 0 Å². The fourth-order valence-electron chi connectivity index (χ4n) is 2.58. The number of hydrogen-bond donors (Lipinski definition) is 0. The van der Waals surface area contributed by atoms with Gasteiger partial charge >= 0.3 is 0 Å². The zero-order valence-corrected chi connectivity index (χ0v) is 12.5. The van der Waals surface area contributed by atoms with Crippen LogP contribution in [-0.4, -0.2) is 34.0 Å². The number of nitro benzene ring substituents is 1. The molecule has 3 rings (SSSR count). The molecule has 7 heteroatoms. The average molecular weight is 324 g/mol. The molecular formula is C17H12N2O5. The highest BCUT2D eigenvalue weighted by atomic mass is 16.6. The first-order valence-corrected chi connectivity index (χ1v) is 7.17. The van der Waals surface area contributed by atoms with E-state index in [9.17, 15) is 24.5 Å². The van der Waals surface area contributed by atoms with Gasteiger partial charge in [-0.2, -0.15) is 0 Å². The lowest BCUT2D eigenvalue weighted by Gasteiger charge is -2.12. The largest absolute Gasteiger partial charge is 0.297 e. The van der Waals surface area contributed by atoms with E-state index in [0.29, 0.717) is 16.7 Å². The number of nitro groups is 1. The highest BCUT2D eigenvalue weighted by molar-refractivity contribution is 6.22. The normalized spacial score (nSPS) is 13.1. The van der Waals surface area contributed by atoms with Gasteiger partial charge in [-0.3, -0.25) is 29.4 Å². The quantitative estimate of drug-likeness (QED) is 0.476. The van der Waals surface area contributed by atoms with Crippen molar-refractivity contribution in [2.75, 3.05) is 6.54 Å². The lowest BCUT2D eigenvalue weighted by atomic mass is 10.1. The van der Waals surface area contributed by atoms with Crippen molar-refractivity contribution >= 4 is 23.3 Å². The molecule has 0 bridgehead atoms. The summed E-state index contributed by atoms with van der Waals surface area (Å²) in [4.78, 5) is 47.5. The van der Waals surface area contributed by atoms with Crippen molar-refractivity contribution in [1.29, 1.82) is 0 Å². The number of fused-ring (bicyclic) bond motifs is 1. The number of imide groups is 1. The van der Waals surface area contributed by atoms with Crippen LogP contribution in [0.5, 0.6) is 0 Å². The van der Waals surface area contributed by atoms with E-state index >= 15 is 0 Å². The molecule has 24 heavy (non-hydrogen) atoms. The average Bonchev–Trinajstić information content (AvgIpc) is 2.81. The van der Waals surface area contributed by atoms with Crippen LogP contribution in [0.1, 0.15) is 26.3 Å². The van der Waals surface area contributed by atoms with Gasteiger partial charge in [0, 0.05) is 18.6 Å². The van der Waals surface area contributed by atoms with Gasteiger partial charge in [-0.05, 0) is 17.7 Å². The summed E-state index contributed by atoms with van der Waals surface area (Å²) in [5, 5.41) is 10.6. The van der Waals surface area contributed by atoms with Crippen LogP contribution in [0.25, 0.3) is 0 Å². The van der Waals surface area contributed by atoms with Gasteiger partial charge in [0.05, 0.1) is 22.6 Å². The Morgan fingerprint density at radius 1 is 0.958 bits per heavy atom. The molecule has 7 nitrogen and oxygen atoms in total. The first-order chi connectivity index (χ1) is 11.5. The zero-order valence-electron chi connectivity index (χ0n) is 12.5. The number of benzene rings is 2. The van der Waals surface area contributed by atoms with Crippen LogP contribution < -0.4 is 0 Å². The molecule has 0 saturated carbocycles. The minimum atomic E-state index is -0.523. The van der Waals surface area contributed by atoms with Crippen LogP contribution in [0.4, 0.5) is 5.69 Å². The Morgan fingerprint density at radius 3 is 2.00 bits per heavy atom. The number of carbonyl (C=O) groups is 3. The minimum absolute atomic E-state index is 0.00853. The van der Waals surface area contributed by atoms with Gasteiger partial charge in [-0.15, -0.1) is 0 Å². The molecule has 1 aliphatic heterocycles. The molecule has 120 valence electrons. The summed E-state index contributed by atoms with van der Waals surface area (Å²) in [5.41, 5.74) is 1.12. The molecule has 0 unspecified atom stereocenters. The predicted octanol–water partition coefficient (Wildman–Crippen LogP) is 2.00. The van der Waals surface area contributed by atoms with E-state index in [1.165, 1.54) is 24.3 Å². The van der Waals surface area contributed by atoms with Crippen molar-refractivity contribution in [3.8, 4) is 0 Å². The molecular weight excluding hydrogens is 312 g/mol. The molecule has 2 amide bonds. The molecule has 0 saturated heterocycles. The number of rotatable bonds is 5. The first-order valence-electron chi connectivity index (χ1n) is 7.17. The van der Waals surface area contributed by atoms with Crippen molar-refractivity contribution in [2.45, 2.75) is 6.42 Å². The third kappa shape index (κ3) is 2.79. The van der Waals surface area contributed by atoms with Crippen molar-refractivity contribution in [1.82, 2.24) is 4.90 Å². The Balaban J connectivity index is 1.69. The number of hydrogen-bond acceptors (Lipinski definition) is 5. The number of nitrogens with zero attached hydrogens (tertiary/aromatic N) is 2. The Labute approximate surface area is 136 Å². The van der Waals surface area contributed by atoms with E-state index in [-0.39, 0.29) is 24.4 Å². The van der Waals surface area contributed by atoms with Crippen molar-refractivity contribution < 1.29 is 19.3 Å². The van der Waals surface area contributed by atoms with E-state index in [1.54, 1.807) is 24.3 Å². The Bertz CT molecular complexity index is 823. The topological polar surface area (TPSA) is 97.6 Å². The van der Waals surface area contributed by atoms with Gasteiger partial charge < -0.3 is 0 Å². The van der Waals surface area contributed by atoms with Crippen LogP contribution in [0.3, 0.4) is 0 Å². The predicted molar refractivity (Wildman–Crippen MR) is 83.6 cm³/mol. The summed E-state index contributed by atoms with van der Waals surface area (Å²) in [6, 6.07) is 12.0. The molecule has 0 N–H and O–H groups in total. The number of non-ortho nitro benzene ring substituents is 1. The second kappa shape index (κ2) is 6.04. The van der Waals surface area contributed by atoms with Crippen molar-refractivity contribution in [3.63, 3.8) is 0 Å². The fourth-order valence-corrected chi connectivity index (χ4v) is 2.58. The summed E-state index contributed by atoms with van der Waals surface area (Å²) in [6.45, 7) is -0.316. The lowest BCUT2D eigenvalue weighted by molar-refractivity contribution is -0.384. The molecule has 2 aromatic carbocycles. The summed E-state index contributed by atoms with van der Waals surface area (Å²) >= 11 is 0. The molecule has 0 aromatic heterocycles. The third-order valence-corrected chi connectivity index (χ3v) is 3.76. The van der Waals surface area contributed by atoms with E-state index in [2.05, 4.69) is 0 Å². The highest BCUT2D eigenvalue weighted by Crippen LogP contribution is 2.22. The van der Waals surface area contributed by atoms with Crippen LogP contribution >= 0.6 is 0 Å². The van der Waals surface area contributed by atoms with Crippen LogP contribution in [0, 0.1) is 10.1 Å². The standard InChI is InChI=1S/C17H12N2O5/c20-13(9-11-5-7-12(8-6-11)19(23)24)10-18-16(21)14-3-1-2-4-15(14)17(18)22/h1-8H,9-10H2. The highest BCUT2D eigenvalue weighted by Gasteiger charge is 2.35. The fraction of sp³-hybridized carbons (Fsp3) is 0.118. The van der Waals surface area contributed by atoms with E-state index in [4.69, 9.17) is 0 Å². The molecule has 0 fully saturated rings. The summed E-state index contributed by atoms with van der Waals surface area (Å²) < 4.78 is 0. The van der Waals surface area contributed by atoms with Crippen LogP contribution in [0.2, 0.25) is 0 Å². The van der Waals surface area contributed by atoms with Gasteiger partial charge in [-0.1, -0.05) is 24.3 Å².